The molecule has 1 aliphatic heterocycles. The number of rotatable bonds is 4. The first-order chi connectivity index (χ1) is 12.1. The number of benzene rings is 2. The summed E-state index contributed by atoms with van der Waals surface area (Å²) in [5.41, 5.74) is 1.39. The van der Waals surface area contributed by atoms with Crippen molar-refractivity contribution in [3.63, 3.8) is 0 Å². The lowest BCUT2D eigenvalue weighted by molar-refractivity contribution is -0.132. The first-order valence-corrected chi connectivity index (χ1v) is 7.52. The molecule has 0 aliphatic carbocycles. The maximum atomic E-state index is 12.1. The minimum Gasteiger partial charge on any atom is -0.492 e. The van der Waals surface area contributed by atoms with E-state index in [4.69, 9.17) is 14.2 Å². The number of carbonyl (C=O) groups excluding carboxylic acids is 2. The number of nitrogens with zero attached hydrogens (tertiary/aromatic N) is 1. The zero-order chi connectivity index (χ0) is 17.8. The Labute approximate surface area is 144 Å². The summed E-state index contributed by atoms with van der Waals surface area (Å²) in [4.78, 5) is 27.5. The van der Waals surface area contributed by atoms with Crippen LogP contribution in [0, 0.1) is 0 Å². The number of hydrogen-bond acceptors (Lipinski definition) is 6. The minimum atomic E-state index is -0.557. The van der Waals surface area contributed by atoms with E-state index in [1.54, 1.807) is 30.3 Å². The van der Waals surface area contributed by atoms with Crippen molar-refractivity contribution in [3.8, 4) is 11.5 Å². The van der Waals surface area contributed by atoms with E-state index in [1.165, 1.54) is 20.1 Å². The monoisotopic (exact) mass is 337 g/mol. The molecule has 1 heterocycles. The molecular formula is C19H15NO5. The highest BCUT2D eigenvalue weighted by atomic mass is 16.6. The van der Waals surface area contributed by atoms with Crippen molar-refractivity contribution in [1.29, 1.82) is 0 Å². The first-order valence-electron chi connectivity index (χ1n) is 7.52. The van der Waals surface area contributed by atoms with Crippen molar-refractivity contribution in [3.05, 3.63) is 65.4 Å². The Morgan fingerprint density at radius 3 is 2.56 bits per heavy atom. The van der Waals surface area contributed by atoms with E-state index in [2.05, 4.69) is 4.99 Å². The molecule has 0 saturated carbocycles. The number of methoxy groups -OCH3 is 1. The average molecular weight is 337 g/mol. The van der Waals surface area contributed by atoms with Gasteiger partial charge in [0.2, 0.25) is 5.90 Å². The zero-order valence-electron chi connectivity index (χ0n) is 13.7. The van der Waals surface area contributed by atoms with Crippen molar-refractivity contribution >= 4 is 23.9 Å². The summed E-state index contributed by atoms with van der Waals surface area (Å²) >= 11 is 0. The first kappa shape index (κ1) is 16.4. The van der Waals surface area contributed by atoms with Gasteiger partial charge in [-0.05, 0) is 24.3 Å². The average Bonchev–Trinajstić information content (AvgIpc) is 2.96. The van der Waals surface area contributed by atoms with Gasteiger partial charge in [-0.2, -0.15) is 0 Å². The van der Waals surface area contributed by atoms with Crippen LogP contribution in [0.3, 0.4) is 0 Å². The van der Waals surface area contributed by atoms with Crippen molar-refractivity contribution in [2.24, 2.45) is 4.99 Å². The molecule has 1 aliphatic rings. The van der Waals surface area contributed by atoms with Gasteiger partial charge < -0.3 is 14.2 Å². The number of para-hydroxylation sites is 1. The van der Waals surface area contributed by atoms with E-state index in [1.807, 2.05) is 18.2 Å². The van der Waals surface area contributed by atoms with Crippen LogP contribution >= 0.6 is 0 Å². The predicted molar refractivity (Wildman–Crippen MR) is 91.4 cm³/mol. The number of esters is 2. The molecule has 0 spiro atoms. The van der Waals surface area contributed by atoms with E-state index < -0.39 is 11.9 Å². The Morgan fingerprint density at radius 1 is 1.12 bits per heavy atom. The molecule has 0 aromatic heterocycles. The van der Waals surface area contributed by atoms with Crippen LogP contribution < -0.4 is 9.47 Å². The van der Waals surface area contributed by atoms with Gasteiger partial charge in [0.15, 0.2) is 17.2 Å². The second-order valence-electron chi connectivity index (χ2n) is 5.17. The van der Waals surface area contributed by atoms with Gasteiger partial charge in [0.1, 0.15) is 0 Å². The molecule has 0 N–H and O–H groups in total. The summed E-state index contributed by atoms with van der Waals surface area (Å²) < 4.78 is 15.6. The van der Waals surface area contributed by atoms with Crippen molar-refractivity contribution in [1.82, 2.24) is 0 Å². The van der Waals surface area contributed by atoms with E-state index in [0.29, 0.717) is 16.9 Å². The maximum Gasteiger partial charge on any atom is 0.363 e. The molecule has 2 aromatic carbocycles. The second-order valence-corrected chi connectivity index (χ2v) is 5.17. The molecule has 0 unspecified atom stereocenters. The van der Waals surface area contributed by atoms with Gasteiger partial charge in [0, 0.05) is 18.1 Å². The second kappa shape index (κ2) is 7.00. The Hall–Kier alpha value is -3.41. The quantitative estimate of drug-likeness (QED) is 0.487. The lowest BCUT2D eigenvalue weighted by Gasteiger charge is -2.10. The summed E-state index contributed by atoms with van der Waals surface area (Å²) in [7, 11) is 1.45. The molecule has 0 fully saturated rings. The molecule has 0 saturated heterocycles. The van der Waals surface area contributed by atoms with E-state index in [-0.39, 0.29) is 17.3 Å². The number of aliphatic imine (C=N–C) groups is 1. The third-order valence-corrected chi connectivity index (χ3v) is 3.40. The highest BCUT2D eigenvalue weighted by molar-refractivity contribution is 6.13. The lowest BCUT2D eigenvalue weighted by atomic mass is 10.1. The molecule has 0 bridgehead atoms. The Kier molecular flexibility index (Phi) is 4.61. The Balaban J connectivity index is 1.99. The predicted octanol–water partition coefficient (Wildman–Crippen LogP) is 2.97. The fourth-order valence-electron chi connectivity index (χ4n) is 2.36. The SMILES string of the molecule is COc1c(/C=C2\N=C(c3ccccc3)OC2=O)cccc1OC(C)=O. The van der Waals surface area contributed by atoms with E-state index in [0.717, 1.165) is 0 Å². The van der Waals surface area contributed by atoms with E-state index in [9.17, 15) is 9.59 Å². The normalized spacial score (nSPS) is 14.9. The van der Waals surface area contributed by atoms with Crippen LogP contribution in [0.1, 0.15) is 18.1 Å². The maximum absolute atomic E-state index is 12.1. The molecular weight excluding hydrogens is 322 g/mol. The van der Waals surface area contributed by atoms with Crippen LogP contribution in [-0.4, -0.2) is 24.9 Å². The number of hydrogen-bond donors (Lipinski definition) is 0. The van der Waals surface area contributed by atoms with Gasteiger partial charge in [-0.25, -0.2) is 9.79 Å². The van der Waals surface area contributed by atoms with Crippen LogP contribution in [0.5, 0.6) is 11.5 Å². The van der Waals surface area contributed by atoms with Gasteiger partial charge in [-0.1, -0.05) is 30.3 Å². The van der Waals surface area contributed by atoms with Gasteiger partial charge in [-0.15, -0.1) is 0 Å². The molecule has 25 heavy (non-hydrogen) atoms. The van der Waals surface area contributed by atoms with Gasteiger partial charge in [0.25, 0.3) is 0 Å². The summed E-state index contributed by atoms with van der Waals surface area (Å²) in [6, 6.07) is 14.2. The molecule has 126 valence electrons. The van der Waals surface area contributed by atoms with Crippen molar-refractivity contribution in [2.75, 3.05) is 7.11 Å². The molecule has 6 heteroatoms. The Morgan fingerprint density at radius 2 is 1.88 bits per heavy atom. The number of ether oxygens (including phenoxy) is 3. The van der Waals surface area contributed by atoms with Crippen molar-refractivity contribution < 1.29 is 23.8 Å². The lowest BCUT2D eigenvalue weighted by Crippen LogP contribution is -2.05. The van der Waals surface area contributed by atoms with E-state index >= 15 is 0 Å². The van der Waals surface area contributed by atoms with Crippen molar-refractivity contribution in [2.45, 2.75) is 6.92 Å². The van der Waals surface area contributed by atoms with Crippen LogP contribution in [-0.2, 0) is 14.3 Å². The smallest absolute Gasteiger partial charge is 0.363 e. The number of cyclic esters (lactones) is 1. The molecule has 3 rings (SSSR count). The van der Waals surface area contributed by atoms with Gasteiger partial charge in [-0.3, -0.25) is 4.79 Å². The third-order valence-electron chi connectivity index (χ3n) is 3.40. The summed E-state index contributed by atoms with van der Waals surface area (Å²) in [6.07, 6.45) is 1.53. The molecule has 0 amide bonds. The zero-order valence-corrected chi connectivity index (χ0v) is 13.7. The van der Waals surface area contributed by atoms with Crippen LogP contribution in [0.15, 0.2) is 59.2 Å². The fourth-order valence-corrected chi connectivity index (χ4v) is 2.36. The van der Waals surface area contributed by atoms with Crippen LogP contribution in [0.4, 0.5) is 0 Å². The molecule has 2 aromatic rings. The standard InChI is InChI=1S/C19H15NO5/c1-12(21)24-16-10-6-9-14(17(16)23-2)11-15-19(22)25-18(20-15)13-7-4-3-5-8-13/h3-11H,1-2H3/b15-11-. The van der Waals surface area contributed by atoms with Crippen LogP contribution in [0.2, 0.25) is 0 Å². The highest BCUT2D eigenvalue weighted by Gasteiger charge is 2.24. The van der Waals surface area contributed by atoms with Gasteiger partial charge >= 0.3 is 11.9 Å². The molecule has 0 atom stereocenters. The topological polar surface area (TPSA) is 74.2 Å². The summed E-state index contributed by atoms with van der Waals surface area (Å²) in [5.74, 6) is -0.178. The Bertz CT molecular complexity index is 884. The third kappa shape index (κ3) is 3.58. The largest absolute Gasteiger partial charge is 0.492 e. The van der Waals surface area contributed by atoms with Gasteiger partial charge in [0.05, 0.1) is 7.11 Å². The minimum absolute atomic E-state index is 0.136. The highest BCUT2D eigenvalue weighted by Crippen LogP contribution is 2.33. The summed E-state index contributed by atoms with van der Waals surface area (Å²) in [6.45, 7) is 1.30. The number of carbonyl (C=O) groups is 2. The summed E-state index contributed by atoms with van der Waals surface area (Å²) in [5, 5.41) is 0. The fraction of sp³-hybridized carbons (Fsp3) is 0.105. The molecule has 6 nitrogen and oxygen atoms in total. The molecule has 0 radical (unpaired) electrons. The van der Waals surface area contributed by atoms with Crippen LogP contribution in [0.25, 0.3) is 6.08 Å².